The van der Waals surface area contributed by atoms with E-state index < -0.39 is 12.1 Å². The Morgan fingerprint density at radius 2 is 1.81 bits per heavy atom. The van der Waals surface area contributed by atoms with Crippen molar-refractivity contribution in [3.63, 3.8) is 0 Å². The lowest BCUT2D eigenvalue weighted by Crippen LogP contribution is -2.37. The van der Waals surface area contributed by atoms with Crippen LogP contribution in [0.4, 0.5) is 5.69 Å². The van der Waals surface area contributed by atoms with E-state index in [1.54, 1.807) is 37.3 Å². The molecule has 0 spiro atoms. The number of benzene rings is 2. The summed E-state index contributed by atoms with van der Waals surface area (Å²) in [6.07, 6.45) is 0.709. The fourth-order valence-electron chi connectivity index (χ4n) is 2.49. The SMILES string of the molecule is CC1=NN(c2ccccc2)C(=O)/C1=C/c1ccc(O[C@H](C)C(=O)[O-])cc1. The van der Waals surface area contributed by atoms with Crippen molar-refractivity contribution in [1.29, 1.82) is 0 Å². The van der Waals surface area contributed by atoms with Crippen LogP contribution in [-0.4, -0.2) is 23.7 Å². The number of carbonyl (C=O) groups excluding carboxylic acids is 2. The fraction of sp³-hybridized carbons (Fsp3) is 0.150. The van der Waals surface area contributed by atoms with Gasteiger partial charge < -0.3 is 14.6 Å². The minimum absolute atomic E-state index is 0.195. The third kappa shape index (κ3) is 3.64. The molecule has 1 heterocycles. The Morgan fingerprint density at radius 1 is 1.15 bits per heavy atom. The first-order valence-corrected chi connectivity index (χ1v) is 8.10. The Labute approximate surface area is 151 Å². The van der Waals surface area contributed by atoms with Gasteiger partial charge in [-0.15, -0.1) is 0 Å². The van der Waals surface area contributed by atoms with Crippen LogP contribution in [0.15, 0.2) is 65.3 Å². The molecular formula is C20H17N2O4-. The quantitative estimate of drug-likeness (QED) is 0.773. The summed E-state index contributed by atoms with van der Waals surface area (Å²) in [6.45, 7) is 3.19. The van der Waals surface area contributed by atoms with Crippen molar-refractivity contribution >= 4 is 29.4 Å². The van der Waals surface area contributed by atoms with Gasteiger partial charge >= 0.3 is 0 Å². The molecule has 2 aromatic rings. The summed E-state index contributed by atoms with van der Waals surface area (Å²) < 4.78 is 5.24. The van der Waals surface area contributed by atoms with Gasteiger partial charge in [-0.2, -0.15) is 10.1 Å². The van der Waals surface area contributed by atoms with E-state index in [0.717, 1.165) is 5.56 Å². The summed E-state index contributed by atoms with van der Waals surface area (Å²) in [5, 5.41) is 16.4. The highest BCUT2D eigenvalue weighted by molar-refractivity contribution is 6.32. The molecule has 1 aliphatic heterocycles. The van der Waals surface area contributed by atoms with Crippen LogP contribution >= 0.6 is 0 Å². The predicted molar refractivity (Wildman–Crippen MR) is 96.6 cm³/mol. The zero-order chi connectivity index (χ0) is 18.7. The lowest BCUT2D eigenvalue weighted by atomic mass is 10.1. The Hall–Kier alpha value is -3.41. The summed E-state index contributed by atoms with van der Waals surface area (Å²) >= 11 is 0. The molecule has 132 valence electrons. The highest BCUT2D eigenvalue weighted by Crippen LogP contribution is 2.25. The van der Waals surface area contributed by atoms with Crippen LogP contribution in [0.3, 0.4) is 0 Å². The van der Waals surface area contributed by atoms with E-state index in [0.29, 0.717) is 22.7 Å². The van der Waals surface area contributed by atoms with E-state index in [2.05, 4.69) is 5.10 Å². The van der Waals surface area contributed by atoms with Crippen LogP contribution < -0.4 is 14.9 Å². The number of hydrazone groups is 1. The van der Waals surface area contributed by atoms with Crippen molar-refractivity contribution in [1.82, 2.24) is 0 Å². The number of hydrogen-bond acceptors (Lipinski definition) is 5. The first-order valence-electron chi connectivity index (χ1n) is 8.10. The summed E-state index contributed by atoms with van der Waals surface area (Å²) in [5.41, 5.74) is 2.63. The molecule has 2 aromatic carbocycles. The van der Waals surface area contributed by atoms with E-state index in [1.807, 2.05) is 30.3 Å². The molecule has 0 aliphatic carbocycles. The molecule has 1 aliphatic rings. The van der Waals surface area contributed by atoms with E-state index >= 15 is 0 Å². The summed E-state index contributed by atoms with van der Waals surface area (Å²) in [4.78, 5) is 23.4. The molecule has 1 amide bonds. The summed E-state index contributed by atoms with van der Waals surface area (Å²) in [6, 6.07) is 16.0. The van der Waals surface area contributed by atoms with Crippen LogP contribution in [-0.2, 0) is 9.59 Å². The maximum atomic E-state index is 12.7. The van der Waals surface area contributed by atoms with Crippen LogP contribution in [0, 0.1) is 0 Å². The van der Waals surface area contributed by atoms with Gasteiger partial charge in [0.15, 0.2) is 0 Å². The average molecular weight is 349 g/mol. The Bertz CT molecular complexity index is 886. The van der Waals surface area contributed by atoms with Crippen LogP contribution in [0.5, 0.6) is 5.75 Å². The van der Waals surface area contributed by atoms with Crippen LogP contribution in [0.1, 0.15) is 19.4 Å². The molecule has 0 bridgehead atoms. The standard InChI is InChI=1S/C20H18N2O4/c1-13-18(19(23)22(21-13)16-6-4-3-5-7-16)12-15-8-10-17(11-9-15)26-14(2)20(24)25/h3-12,14H,1-2H3,(H,24,25)/p-1/b18-12+/t14-/m1/s1. The fourth-order valence-corrected chi connectivity index (χ4v) is 2.49. The number of para-hydroxylation sites is 1. The van der Waals surface area contributed by atoms with Gasteiger partial charge in [-0.05, 0) is 49.8 Å². The molecule has 0 N–H and O–H groups in total. The molecule has 6 heteroatoms. The molecule has 1 atom stereocenters. The van der Waals surface area contributed by atoms with Gasteiger partial charge in [0.25, 0.3) is 5.91 Å². The molecule has 0 aromatic heterocycles. The molecular weight excluding hydrogens is 332 g/mol. The van der Waals surface area contributed by atoms with Gasteiger partial charge in [-0.1, -0.05) is 30.3 Å². The number of carboxylic acid groups (broad SMARTS) is 1. The van der Waals surface area contributed by atoms with Crippen molar-refractivity contribution in [3.8, 4) is 5.75 Å². The monoisotopic (exact) mass is 349 g/mol. The number of rotatable bonds is 5. The normalized spacial score (nSPS) is 16.5. The first kappa shape index (κ1) is 17.4. The minimum Gasteiger partial charge on any atom is -0.546 e. The number of carboxylic acids is 1. The molecule has 0 unspecified atom stereocenters. The zero-order valence-electron chi connectivity index (χ0n) is 14.4. The van der Waals surface area contributed by atoms with E-state index in [9.17, 15) is 14.7 Å². The molecule has 6 nitrogen and oxygen atoms in total. The van der Waals surface area contributed by atoms with Gasteiger partial charge in [0.1, 0.15) is 11.9 Å². The molecule has 0 fully saturated rings. The van der Waals surface area contributed by atoms with Gasteiger partial charge in [0, 0.05) is 0 Å². The second-order valence-corrected chi connectivity index (χ2v) is 5.84. The van der Waals surface area contributed by atoms with E-state index in [-0.39, 0.29) is 5.91 Å². The van der Waals surface area contributed by atoms with Crippen molar-refractivity contribution in [2.75, 3.05) is 5.01 Å². The topological polar surface area (TPSA) is 82.0 Å². The summed E-state index contributed by atoms with van der Waals surface area (Å²) in [7, 11) is 0. The van der Waals surface area contributed by atoms with Crippen molar-refractivity contribution in [3.05, 3.63) is 65.7 Å². The Kier molecular flexibility index (Phi) is 4.84. The molecule has 3 rings (SSSR count). The molecule has 0 saturated carbocycles. The predicted octanol–water partition coefficient (Wildman–Crippen LogP) is 2.01. The summed E-state index contributed by atoms with van der Waals surface area (Å²) in [5.74, 6) is -1.06. The number of anilines is 1. The number of nitrogens with zero attached hydrogens (tertiary/aromatic N) is 2. The second-order valence-electron chi connectivity index (χ2n) is 5.84. The molecule has 0 radical (unpaired) electrons. The van der Waals surface area contributed by atoms with Crippen molar-refractivity contribution < 1.29 is 19.4 Å². The highest BCUT2D eigenvalue weighted by atomic mass is 16.5. The van der Waals surface area contributed by atoms with Gasteiger partial charge in [-0.3, -0.25) is 4.79 Å². The van der Waals surface area contributed by atoms with Crippen LogP contribution in [0.2, 0.25) is 0 Å². The van der Waals surface area contributed by atoms with Crippen molar-refractivity contribution in [2.45, 2.75) is 20.0 Å². The second kappa shape index (κ2) is 7.23. The van der Waals surface area contributed by atoms with E-state index in [4.69, 9.17) is 4.74 Å². The third-order valence-electron chi connectivity index (χ3n) is 3.90. The van der Waals surface area contributed by atoms with E-state index in [1.165, 1.54) is 11.9 Å². The van der Waals surface area contributed by atoms with Gasteiger partial charge in [-0.25, -0.2) is 0 Å². The lowest BCUT2D eigenvalue weighted by Gasteiger charge is -2.15. The first-order chi connectivity index (χ1) is 12.5. The maximum Gasteiger partial charge on any atom is 0.280 e. The number of carbonyl (C=O) groups is 2. The van der Waals surface area contributed by atoms with Gasteiger partial charge in [0.2, 0.25) is 0 Å². The minimum atomic E-state index is -1.28. The van der Waals surface area contributed by atoms with Gasteiger partial charge in [0.05, 0.1) is 22.9 Å². The number of amides is 1. The number of aliphatic carboxylic acids is 1. The molecule has 26 heavy (non-hydrogen) atoms. The average Bonchev–Trinajstić information content (AvgIpc) is 2.92. The maximum absolute atomic E-state index is 12.7. The highest BCUT2D eigenvalue weighted by Gasteiger charge is 2.28. The number of ether oxygens (including phenoxy) is 1. The molecule has 0 saturated heterocycles. The Balaban J connectivity index is 1.79. The zero-order valence-corrected chi connectivity index (χ0v) is 14.4. The van der Waals surface area contributed by atoms with Crippen LogP contribution in [0.25, 0.3) is 6.08 Å². The van der Waals surface area contributed by atoms with Crippen molar-refractivity contribution in [2.24, 2.45) is 5.10 Å². The number of hydrogen-bond donors (Lipinski definition) is 0. The Morgan fingerprint density at radius 3 is 2.42 bits per heavy atom. The lowest BCUT2D eigenvalue weighted by molar-refractivity contribution is -0.312. The third-order valence-corrected chi connectivity index (χ3v) is 3.90. The largest absolute Gasteiger partial charge is 0.546 e. The smallest absolute Gasteiger partial charge is 0.280 e.